The first-order valence-corrected chi connectivity index (χ1v) is 7.15. The number of nitrogens with one attached hydrogen (secondary N) is 1. The summed E-state index contributed by atoms with van der Waals surface area (Å²) < 4.78 is 2.00. The van der Waals surface area contributed by atoms with E-state index in [1.807, 2.05) is 17.1 Å². The van der Waals surface area contributed by atoms with Crippen molar-refractivity contribution in [1.29, 1.82) is 0 Å². The van der Waals surface area contributed by atoms with Gasteiger partial charge in [-0.2, -0.15) is 11.3 Å². The smallest absolute Gasteiger partial charge is 0.0991 e. The minimum absolute atomic E-state index is 0. The van der Waals surface area contributed by atoms with Gasteiger partial charge in [0, 0.05) is 31.2 Å². The number of nitrogens with zero attached hydrogens (tertiary/aromatic N) is 2. The average molecular weight is 306 g/mol. The number of aromatic nitrogens is 2. The third kappa shape index (κ3) is 3.70. The van der Waals surface area contributed by atoms with Crippen molar-refractivity contribution >= 4 is 23.7 Å². The van der Waals surface area contributed by atoms with Gasteiger partial charge in [-0.25, -0.2) is 4.98 Å². The van der Waals surface area contributed by atoms with Crippen LogP contribution in [0.25, 0.3) is 5.69 Å². The Morgan fingerprint density at radius 3 is 2.50 bits per heavy atom. The minimum Gasteiger partial charge on any atom is -0.309 e. The van der Waals surface area contributed by atoms with Gasteiger partial charge in [-0.15, -0.1) is 12.4 Å². The number of halogens is 1. The SMILES string of the molecule is Cl.c1cn(-c2ccc(CNCc3ccsc3)cc2)cn1. The number of hydrogen-bond acceptors (Lipinski definition) is 3. The van der Waals surface area contributed by atoms with Gasteiger partial charge in [-0.3, -0.25) is 0 Å². The summed E-state index contributed by atoms with van der Waals surface area (Å²) in [6.07, 6.45) is 5.55. The lowest BCUT2D eigenvalue weighted by molar-refractivity contribution is 0.695. The Morgan fingerprint density at radius 2 is 1.85 bits per heavy atom. The third-order valence-electron chi connectivity index (χ3n) is 2.98. The predicted molar refractivity (Wildman–Crippen MR) is 85.7 cm³/mol. The van der Waals surface area contributed by atoms with Crippen LogP contribution in [-0.2, 0) is 13.1 Å². The zero-order valence-corrected chi connectivity index (χ0v) is 12.5. The monoisotopic (exact) mass is 305 g/mol. The number of benzene rings is 1. The predicted octanol–water partition coefficient (Wildman–Crippen LogP) is 3.65. The summed E-state index contributed by atoms with van der Waals surface area (Å²) in [5.74, 6) is 0. The fourth-order valence-corrected chi connectivity index (χ4v) is 2.61. The molecule has 3 nitrogen and oxygen atoms in total. The van der Waals surface area contributed by atoms with Crippen molar-refractivity contribution in [3.05, 3.63) is 70.9 Å². The second kappa shape index (κ2) is 7.24. The molecule has 0 saturated heterocycles. The van der Waals surface area contributed by atoms with Gasteiger partial charge in [-0.05, 0) is 40.1 Å². The molecule has 0 spiro atoms. The Balaban J connectivity index is 0.00000147. The van der Waals surface area contributed by atoms with Crippen molar-refractivity contribution in [2.24, 2.45) is 0 Å². The molecule has 0 radical (unpaired) electrons. The normalized spacial score (nSPS) is 10.2. The lowest BCUT2D eigenvalue weighted by atomic mass is 10.2. The molecule has 0 unspecified atom stereocenters. The second-order valence-corrected chi connectivity index (χ2v) is 5.15. The molecule has 0 atom stereocenters. The van der Waals surface area contributed by atoms with Gasteiger partial charge in [-0.1, -0.05) is 12.1 Å². The summed E-state index contributed by atoms with van der Waals surface area (Å²) in [7, 11) is 0. The summed E-state index contributed by atoms with van der Waals surface area (Å²) >= 11 is 1.74. The fourth-order valence-electron chi connectivity index (χ4n) is 1.94. The van der Waals surface area contributed by atoms with Crippen LogP contribution in [0.15, 0.2) is 59.8 Å². The summed E-state index contributed by atoms with van der Waals surface area (Å²) in [5.41, 5.74) is 3.78. The van der Waals surface area contributed by atoms with Crippen LogP contribution in [0.1, 0.15) is 11.1 Å². The Morgan fingerprint density at radius 1 is 1.05 bits per heavy atom. The van der Waals surface area contributed by atoms with Gasteiger partial charge >= 0.3 is 0 Å². The Hall–Kier alpha value is -1.62. The molecule has 1 N–H and O–H groups in total. The van der Waals surface area contributed by atoms with Gasteiger partial charge in [0.25, 0.3) is 0 Å². The Bertz CT molecular complexity index is 603. The first-order chi connectivity index (χ1) is 9.42. The van der Waals surface area contributed by atoms with Crippen molar-refractivity contribution in [3.63, 3.8) is 0 Å². The van der Waals surface area contributed by atoms with E-state index in [9.17, 15) is 0 Å². The lowest BCUT2D eigenvalue weighted by Crippen LogP contribution is -2.12. The highest BCUT2D eigenvalue weighted by atomic mass is 35.5. The fraction of sp³-hybridized carbons (Fsp3) is 0.133. The maximum absolute atomic E-state index is 4.05. The van der Waals surface area contributed by atoms with Crippen LogP contribution in [0.4, 0.5) is 0 Å². The van der Waals surface area contributed by atoms with Crippen molar-refractivity contribution in [2.75, 3.05) is 0 Å². The summed E-state index contributed by atoms with van der Waals surface area (Å²) in [5, 5.41) is 7.73. The maximum Gasteiger partial charge on any atom is 0.0991 e. The van der Waals surface area contributed by atoms with Crippen molar-refractivity contribution in [1.82, 2.24) is 14.9 Å². The highest BCUT2D eigenvalue weighted by Gasteiger charge is 1.97. The lowest BCUT2D eigenvalue weighted by Gasteiger charge is -2.06. The Kier molecular flexibility index (Phi) is 5.35. The first kappa shape index (κ1) is 14.8. The van der Waals surface area contributed by atoms with Crippen LogP contribution in [0.5, 0.6) is 0 Å². The van der Waals surface area contributed by atoms with Gasteiger partial charge < -0.3 is 9.88 Å². The molecule has 1 aromatic carbocycles. The van der Waals surface area contributed by atoms with Gasteiger partial charge in [0.05, 0.1) is 6.33 Å². The van der Waals surface area contributed by atoms with Crippen LogP contribution in [-0.4, -0.2) is 9.55 Å². The molecule has 104 valence electrons. The van der Waals surface area contributed by atoms with Gasteiger partial charge in [0.2, 0.25) is 0 Å². The van der Waals surface area contributed by atoms with Crippen molar-refractivity contribution < 1.29 is 0 Å². The minimum atomic E-state index is 0. The number of imidazole rings is 1. The van der Waals surface area contributed by atoms with E-state index in [0.717, 1.165) is 18.8 Å². The zero-order chi connectivity index (χ0) is 12.9. The number of thiophene rings is 1. The van der Waals surface area contributed by atoms with E-state index >= 15 is 0 Å². The van der Waals surface area contributed by atoms with Crippen LogP contribution in [0.2, 0.25) is 0 Å². The quantitative estimate of drug-likeness (QED) is 0.780. The largest absolute Gasteiger partial charge is 0.309 e. The number of hydrogen-bond donors (Lipinski definition) is 1. The standard InChI is InChI=1S/C15H15N3S.ClH/c1-3-15(18-7-6-16-12-18)4-2-13(1)9-17-10-14-5-8-19-11-14;/h1-8,11-12,17H,9-10H2;1H. The molecule has 2 heterocycles. The summed E-state index contributed by atoms with van der Waals surface area (Å²) in [6.45, 7) is 1.81. The molecule has 3 aromatic rings. The van der Waals surface area contributed by atoms with E-state index in [0.29, 0.717) is 0 Å². The molecule has 2 aromatic heterocycles. The highest BCUT2D eigenvalue weighted by molar-refractivity contribution is 7.07. The van der Waals surface area contributed by atoms with E-state index in [4.69, 9.17) is 0 Å². The topological polar surface area (TPSA) is 29.9 Å². The maximum atomic E-state index is 4.05. The first-order valence-electron chi connectivity index (χ1n) is 6.21. The van der Waals surface area contributed by atoms with E-state index < -0.39 is 0 Å². The summed E-state index contributed by atoms with van der Waals surface area (Å²) in [6, 6.07) is 10.7. The van der Waals surface area contributed by atoms with Crippen LogP contribution in [0.3, 0.4) is 0 Å². The van der Waals surface area contributed by atoms with E-state index in [1.54, 1.807) is 17.5 Å². The molecule has 3 rings (SSSR count). The van der Waals surface area contributed by atoms with Gasteiger partial charge in [0.1, 0.15) is 0 Å². The molecule has 0 aliphatic heterocycles. The summed E-state index contributed by atoms with van der Waals surface area (Å²) in [4.78, 5) is 4.05. The number of rotatable bonds is 5. The molecule has 5 heteroatoms. The molecule has 0 bridgehead atoms. The highest BCUT2D eigenvalue weighted by Crippen LogP contribution is 2.10. The van der Waals surface area contributed by atoms with Gasteiger partial charge in [0.15, 0.2) is 0 Å². The average Bonchev–Trinajstić information content (AvgIpc) is 3.13. The molecule has 0 amide bonds. The van der Waals surface area contributed by atoms with Crippen molar-refractivity contribution in [2.45, 2.75) is 13.1 Å². The van der Waals surface area contributed by atoms with E-state index in [1.165, 1.54) is 11.1 Å². The Labute approximate surface area is 128 Å². The molecule has 0 aliphatic carbocycles. The molecule has 0 saturated carbocycles. The zero-order valence-electron chi connectivity index (χ0n) is 10.9. The second-order valence-electron chi connectivity index (χ2n) is 4.37. The van der Waals surface area contributed by atoms with Crippen molar-refractivity contribution in [3.8, 4) is 5.69 Å². The van der Waals surface area contributed by atoms with Crippen LogP contribution < -0.4 is 5.32 Å². The molecular weight excluding hydrogens is 290 g/mol. The van der Waals surface area contributed by atoms with E-state index in [-0.39, 0.29) is 12.4 Å². The van der Waals surface area contributed by atoms with Crippen LogP contribution >= 0.6 is 23.7 Å². The third-order valence-corrected chi connectivity index (χ3v) is 3.71. The molecule has 0 fully saturated rings. The van der Waals surface area contributed by atoms with Crippen LogP contribution in [0, 0.1) is 0 Å². The molecule has 0 aliphatic rings. The molecular formula is C15H16ClN3S. The van der Waals surface area contributed by atoms with E-state index in [2.05, 4.69) is 51.4 Å². The molecule has 20 heavy (non-hydrogen) atoms.